The van der Waals surface area contributed by atoms with Gasteiger partial charge in [-0.3, -0.25) is 0 Å². The Hall–Kier alpha value is -1.27. The number of fused-ring (bicyclic) bond motifs is 2. The van der Waals surface area contributed by atoms with Crippen LogP contribution in [0.15, 0.2) is 23.0 Å². The van der Waals surface area contributed by atoms with Gasteiger partial charge in [-0.25, -0.2) is 0 Å². The van der Waals surface area contributed by atoms with E-state index in [4.69, 9.17) is 4.74 Å². The zero-order valence-corrected chi connectivity index (χ0v) is 15.5. The van der Waals surface area contributed by atoms with Crippen molar-refractivity contribution in [3.05, 3.63) is 23.0 Å². The lowest BCUT2D eigenvalue weighted by Gasteiger charge is -2.56. The highest BCUT2D eigenvalue weighted by Crippen LogP contribution is 2.84. The molecule has 134 valence electrons. The third-order valence-corrected chi connectivity index (χ3v) is 9.12. The van der Waals surface area contributed by atoms with E-state index in [0.29, 0.717) is 23.7 Å². The largest absolute Gasteiger partial charge is 0.501 e. The standard InChI is InChI=1S/C22H29NO2/c1-20-8-7-18-17-5-4-16(25-2)11-14(17)3-6-19(18)22(20)13-15(22)12-21(20,24)9-10-23/h4,15,18-19,24H,3,5-9,11-13H2,1-2H3/t15-,18+,19+,20+,21-,22+/m0/s1. The maximum absolute atomic E-state index is 11.4. The molecule has 5 aliphatic carbocycles. The van der Waals surface area contributed by atoms with Gasteiger partial charge >= 0.3 is 0 Å². The highest BCUT2D eigenvalue weighted by atomic mass is 16.5. The van der Waals surface area contributed by atoms with Gasteiger partial charge in [0.2, 0.25) is 0 Å². The second-order valence-electron chi connectivity index (χ2n) is 9.52. The number of methoxy groups -OCH3 is 1. The van der Waals surface area contributed by atoms with Gasteiger partial charge in [0.05, 0.1) is 31.0 Å². The summed E-state index contributed by atoms with van der Waals surface area (Å²) >= 11 is 0. The fraction of sp³-hybridized carbons (Fsp3) is 0.773. The van der Waals surface area contributed by atoms with E-state index in [0.717, 1.165) is 37.4 Å². The number of hydrogen-bond acceptors (Lipinski definition) is 3. The minimum atomic E-state index is -0.750. The molecule has 6 atom stereocenters. The number of nitriles is 1. The van der Waals surface area contributed by atoms with Gasteiger partial charge in [0.25, 0.3) is 0 Å². The van der Waals surface area contributed by atoms with E-state index in [2.05, 4.69) is 19.1 Å². The molecule has 25 heavy (non-hydrogen) atoms. The lowest BCUT2D eigenvalue weighted by atomic mass is 9.49. The van der Waals surface area contributed by atoms with Gasteiger partial charge in [-0.1, -0.05) is 18.1 Å². The third kappa shape index (κ3) is 1.75. The summed E-state index contributed by atoms with van der Waals surface area (Å²) in [5.74, 6) is 3.23. The highest BCUT2D eigenvalue weighted by molar-refractivity contribution is 5.37. The summed E-state index contributed by atoms with van der Waals surface area (Å²) in [6.07, 6.45) is 11.6. The van der Waals surface area contributed by atoms with Crippen LogP contribution in [0.3, 0.4) is 0 Å². The average Bonchev–Trinajstić information content (AvgIpc) is 3.27. The van der Waals surface area contributed by atoms with Gasteiger partial charge < -0.3 is 9.84 Å². The molecule has 3 saturated carbocycles. The third-order valence-electron chi connectivity index (χ3n) is 9.12. The number of aliphatic hydroxyl groups is 1. The molecule has 0 bridgehead atoms. The van der Waals surface area contributed by atoms with Gasteiger partial charge in [-0.15, -0.1) is 0 Å². The van der Waals surface area contributed by atoms with Gasteiger partial charge in [-0.2, -0.15) is 5.26 Å². The average molecular weight is 339 g/mol. The van der Waals surface area contributed by atoms with E-state index >= 15 is 0 Å². The smallest absolute Gasteiger partial charge is 0.0959 e. The van der Waals surface area contributed by atoms with Crippen molar-refractivity contribution in [3.8, 4) is 6.07 Å². The minimum absolute atomic E-state index is 0.0537. The Labute approximate surface area is 150 Å². The molecule has 0 aromatic heterocycles. The summed E-state index contributed by atoms with van der Waals surface area (Å²) in [5.41, 5.74) is 2.85. The van der Waals surface area contributed by atoms with Gasteiger partial charge in [0.1, 0.15) is 0 Å². The summed E-state index contributed by atoms with van der Waals surface area (Å²) in [7, 11) is 1.79. The lowest BCUT2D eigenvalue weighted by Crippen LogP contribution is -2.54. The van der Waals surface area contributed by atoms with Crippen molar-refractivity contribution in [2.75, 3.05) is 7.11 Å². The first-order valence-electron chi connectivity index (χ1n) is 10.0. The maximum atomic E-state index is 11.4. The van der Waals surface area contributed by atoms with E-state index in [9.17, 15) is 10.4 Å². The summed E-state index contributed by atoms with van der Waals surface area (Å²) in [6, 6.07) is 2.29. The Balaban J connectivity index is 1.49. The molecular weight excluding hydrogens is 310 g/mol. The van der Waals surface area contributed by atoms with Crippen molar-refractivity contribution < 1.29 is 9.84 Å². The molecule has 3 fully saturated rings. The molecule has 1 spiro atoms. The molecule has 1 N–H and O–H groups in total. The second-order valence-corrected chi connectivity index (χ2v) is 9.52. The van der Waals surface area contributed by atoms with Crippen molar-refractivity contribution in [3.63, 3.8) is 0 Å². The van der Waals surface area contributed by atoms with Gasteiger partial charge in [0, 0.05) is 11.8 Å². The quantitative estimate of drug-likeness (QED) is 0.754. The van der Waals surface area contributed by atoms with Crippen LogP contribution < -0.4 is 0 Å². The molecule has 0 heterocycles. The van der Waals surface area contributed by atoms with Crippen molar-refractivity contribution in [2.45, 2.75) is 70.3 Å². The summed E-state index contributed by atoms with van der Waals surface area (Å²) < 4.78 is 5.51. The summed E-state index contributed by atoms with van der Waals surface area (Å²) in [5, 5.41) is 20.7. The first kappa shape index (κ1) is 15.9. The fourth-order valence-corrected chi connectivity index (χ4v) is 7.86. The first-order chi connectivity index (χ1) is 12.0. The van der Waals surface area contributed by atoms with Crippen LogP contribution in [0.4, 0.5) is 0 Å². The zero-order valence-electron chi connectivity index (χ0n) is 15.5. The molecule has 0 amide bonds. The Morgan fingerprint density at radius 2 is 2.20 bits per heavy atom. The van der Waals surface area contributed by atoms with Crippen molar-refractivity contribution in [1.29, 1.82) is 5.26 Å². The number of hydrogen-bond donors (Lipinski definition) is 1. The molecule has 0 saturated heterocycles. The molecule has 0 unspecified atom stereocenters. The Kier molecular flexibility index (Phi) is 3.13. The van der Waals surface area contributed by atoms with Crippen LogP contribution >= 0.6 is 0 Å². The fourth-order valence-electron chi connectivity index (χ4n) is 7.86. The SMILES string of the molecule is COC1=CCC2=C(CC[C@@H]3[C@@H]2CC[C@]2(C)[C@](O)(CC#N)C[C@H]4C[C@@]432)C1. The van der Waals surface area contributed by atoms with Crippen LogP contribution in [-0.2, 0) is 4.74 Å². The number of ether oxygens (including phenoxy) is 1. The predicted molar refractivity (Wildman–Crippen MR) is 95.2 cm³/mol. The number of rotatable bonds is 2. The molecule has 0 aliphatic heterocycles. The van der Waals surface area contributed by atoms with Crippen LogP contribution in [0.1, 0.15) is 64.7 Å². The van der Waals surface area contributed by atoms with Gasteiger partial charge in [0.15, 0.2) is 0 Å². The first-order valence-corrected chi connectivity index (χ1v) is 10.0. The normalized spacial score (nSPS) is 50.0. The Morgan fingerprint density at radius 3 is 2.96 bits per heavy atom. The minimum Gasteiger partial charge on any atom is -0.501 e. The number of allylic oxidation sites excluding steroid dienone is 3. The van der Waals surface area contributed by atoms with E-state index in [1.807, 2.05) is 0 Å². The van der Waals surface area contributed by atoms with E-state index < -0.39 is 5.60 Å². The van der Waals surface area contributed by atoms with E-state index in [1.165, 1.54) is 25.7 Å². The zero-order chi connectivity index (χ0) is 17.4. The predicted octanol–water partition coefficient (Wildman–Crippen LogP) is 4.49. The Bertz CT molecular complexity index is 731. The van der Waals surface area contributed by atoms with Gasteiger partial charge in [-0.05, 0) is 74.2 Å². The summed E-state index contributed by atoms with van der Waals surface area (Å²) in [4.78, 5) is 0. The molecule has 3 nitrogen and oxygen atoms in total. The Morgan fingerprint density at radius 1 is 1.36 bits per heavy atom. The summed E-state index contributed by atoms with van der Waals surface area (Å²) in [6.45, 7) is 2.32. The monoisotopic (exact) mass is 339 g/mol. The molecule has 5 rings (SSSR count). The second kappa shape index (κ2) is 4.92. The van der Waals surface area contributed by atoms with Crippen LogP contribution in [0.25, 0.3) is 0 Å². The van der Waals surface area contributed by atoms with Crippen LogP contribution in [0.5, 0.6) is 0 Å². The maximum Gasteiger partial charge on any atom is 0.0959 e. The van der Waals surface area contributed by atoms with Crippen LogP contribution in [0, 0.1) is 39.9 Å². The van der Waals surface area contributed by atoms with Crippen molar-refractivity contribution >= 4 is 0 Å². The molecule has 0 aromatic rings. The molecular formula is C22H29NO2. The molecule has 0 aromatic carbocycles. The highest BCUT2D eigenvalue weighted by Gasteiger charge is 2.80. The van der Waals surface area contributed by atoms with Crippen molar-refractivity contribution in [1.82, 2.24) is 0 Å². The van der Waals surface area contributed by atoms with Crippen LogP contribution in [0.2, 0.25) is 0 Å². The van der Waals surface area contributed by atoms with Crippen molar-refractivity contribution in [2.24, 2.45) is 28.6 Å². The topological polar surface area (TPSA) is 53.2 Å². The van der Waals surface area contributed by atoms with E-state index in [-0.39, 0.29) is 5.41 Å². The number of nitrogens with zero attached hydrogens (tertiary/aromatic N) is 1. The lowest BCUT2D eigenvalue weighted by molar-refractivity contribution is -0.131. The molecule has 0 radical (unpaired) electrons. The molecule has 5 aliphatic rings. The molecule has 3 heteroatoms. The van der Waals surface area contributed by atoms with Crippen LogP contribution in [-0.4, -0.2) is 17.8 Å². The van der Waals surface area contributed by atoms with E-state index in [1.54, 1.807) is 18.3 Å².